The highest BCUT2D eigenvalue weighted by atomic mass is 35.5. The summed E-state index contributed by atoms with van der Waals surface area (Å²) in [5.74, 6) is -1.48. The average Bonchev–Trinajstić information content (AvgIpc) is 2.72. The van der Waals surface area contributed by atoms with Crippen LogP contribution in [0.2, 0.25) is 10.0 Å². The number of carbonyl (C=O) groups is 2. The highest BCUT2D eigenvalue weighted by Gasteiger charge is 2.35. The summed E-state index contributed by atoms with van der Waals surface area (Å²) in [5, 5.41) is 9.00. The Bertz CT molecular complexity index is 1300. The maximum atomic E-state index is 13.1. The number of benzene rings is 2. The van der Waals surface area contributed by atoms with Crippen LogP contribution in [0, 0.1) is 6.92 Å². The van der Waals surface area contributed by atoms with Gasteiger partial charge in [0.05, 0.1) is 24.3 Å². The number of hydrogen-bond acceptors (Lipinski definition) is 6. The van der Waals surface area contributed by atoms with Gasteiger partial charge in [-0.05, 0) is 42.8 Å². The minimum absolute atomic E-state index is 0.00184. The summed E-state index contributed by atoms with van der Waals surface area (Å²) >= 11 is 12.0. The summed E-state index contributed by atoms with van der Waals surface area (Å²) in [7, 11) is 1.49. The van der Waals surface area contributed by atoms with E-state index in [0.717, 1.165) is 5.56 Å². The maximum absolute atomic E-state index is 13.1. The molecule has 2 heterocycles. The van der Waals surface area contributed by atoms with Crippen LogP contribution in [0.3, 0.4) is 0 Å². The van der Waals surface area contributed by atoms with E-state index in [-0.39, 0.29) is 23.8 Å². The number of carbonyl (C=O) groups excluding carboxylic acids is 2. The number of rotatable bonds is 5. The number of aromatic nitrogens is 2. The molecule has 1 aliphatic heterocycles. The van der Waals surface area contributed by atoms with E-state index in [9.17, 15) is 14.4 Å². The molecule has 0 saturated heterocycles. The highest BCUT2D eigenvalue weighted by Crippen LogP contribution is 2.32. The van der Waals surface area contributed by atoms with Crippen LogP contribution in [0.25, 0.3) is 0 Å². The first-order chi connectivity index (χ1) is 15.7. The quantitative estimate of drug-likeness (QED) is 0.427. The third-order valence-corrected chi connectivity index (χ3v) is 5.44. The summed E-state index contributed by atoms with van der Waals surface area (Å²) in [4.78, 5) is 45.2. The van der Waals surface area contributed by atoms with E-state index in [1.54, 1.807) is 30.3 Å². The van der Waals surface area contributed by atoms with E-state index in [4.69, 9.17) is 27.9 Å². The number of fused-ring (bicyclic) bond motifs is 1. The third-order valence-electron chi connectivity index (χ3n) is 5.01. The summed E-state index contributed by atoms with van der Waals surface area (Å²) in [6.07, 6.45) is -0.200. The predicted molar refractivity (Wildman–Crippen MR) is 127 cm³/mol. The van der Waals surface area contributed by atoms with Crippen LogP contribution in [0.4, 0.5) is 23.1 Å². The van der Waals surface area contributed by atoms with Crippen molar-refractivity contribution in [2.24, 2.45) is 0 Å². The molecule has 1 aromatic heterocycles. The molecule has 33 heavy (non-hydrogen) atoms. The molecule has 1 atom stereocenters. The third kappa shape index (κ3) is 4.94. The Hall–Kier alpha value is -3.56. The summed E-state index contributed by atoms with van der Waals surface area (Å²) in [5.41, 5.74) is 1.33. The Kier molecular flexibility index (Phi) is 6.26. The number of nitrogens with zero attached hydrogens (tertiary/aromatic N) is 1. The SMILES string of the molecule is COc1ccc(C)cc1NC(=O)[C@@H]1CC(=O)Nc2nc(Nc3cc(Cl)cc(Cl)c3)[nH]c(=O)c21. The second-order valence-electron chi connectivity index (χ2n) is 7.46. The van der Waals surface area contributed by atoms with Gasteiger partial charge < -0.3 is 20.7 Å². The van der Waals surface area contributed by atoms with E-state index in [1.807, 2.05) is 13.0 Å². The number of hydrogen-bond donors (Lipinski definition) is 4. The van der Waals surface area contributed by atoms with E-state index >= 15 is 0 Å². The molecular weight excluding hydrogens is 469 g/mol. The molecule has 9 nitrogen and oxygen atoms in total. The van der Waals surface area contributed by atoms with Crippen LogP contribution in [0.15, 0.2) is 41.2 Å². The van der Waals surface area contributed by atoms with Crippen molar-refractivity contribution in [1.29, 1.82) is 0 Å². The molecule has 0 spiro atoms. The molecule has 1 aliphatic rings. The lowest BCUT2D eigenvalue weighted by molar-refractivity contribution is -0.123. The maximum Gasteiger partial charge on any atom is 0.258 e. The van der Waals surface area contributed by atoms with Crippen molar-refractivity contribution in [3.05, 3.63) is 67.9 Å². The van der Waals surface area contributed by atoms with Crippen molar-refractivity contribution >= 4 is 58.2 Å². The van der Waals surface area contributed by atoms with Gasteiger partial charge in [0.25, 0.3) is 5.56 Å². The Morgan fingerprint density at radius 3 is 2.58 bits per heavy atom. The van der Waals surface area contributed by atoms with Crippen molar-refractivity contribution in [2.75, 3.05) is 23.1 Å². The number of amides is 2. The van der Waals surface area contributed by atoms with E-state index < -0.39 is 23.3 Å². The molecule has 2 amide bonds. The lowest BCUT2D eigenvalue weighted by Gasteiger charge is -2.24. The standard InChI is InChI=1S/C22H19Cl2N5O4/c1-10-3-4-16(33-2)15(5-10)26-20(31)14-9-17(30)27-19-18(14)21(32)29-22(28-19)25-13-7-11(23)6-12(24)8-13/h3-8,14H,9H2,1-2H3,(H,26,31)(H3,25,27,28,29,30,32)/t14-/m1/s1. The molecular formula is C22H19Cl2N5O4. The fourth-order valence-corrected chi connectivity index (χ4v) is 4.08. The second-order valence-corrected chi connectivity index (χ2v) is 8.33. The molecule has 0 saturated carbocycles. The molecule has 0 bridgehead atoms. The lowest BCUT2D eigenvalue weighted by atomic mass is 9.92. The first-order valence-electron chi connectivity index (χ1n) is 9.86. The van der Waals surface area contributed by atoms with Crippen molar-refractivity contribution in [1.82, 2.24) is 9.97 Å². The monoisotopic (exact) mass is 487 g/mol. The smallest absolute Gasteiger partial charge is 0.258 e. The molecule has 170 valence electrons. The minimum Gasteiger partial charge on any atom is -0.495 e. The van der Waals surface area contributed by atoms with Crippen LogP contribution >= 0.6 is 23.2 Å². The number of ether oxygens (including phenoxy) is 1. The Labute approximate surface area is 198 Å². The van der Waals surface area contributed by atoms with Crippen molar-refractivity contribution in [3.8, 4) is 5.75 Å². The molecule has 0 fully saturated rings. The number of aryl methyl sites for hydroxylation is 1. The molecule has 4 rings (SSSR count). The Morgan fingerprint density at radius 1 is 1.15 bits per heavy atom. The van der Waals surface area contributed by atoms with Gasteiger partial charge in [-0.1, -0.05) is 29.3 Å². The predicted octanol–water partition coefficient (Wildman–Crippen LogP) is 4.20. The fourth-order valence-electron chi connectivity index (χ4n) is 3.56. The Balaban J connectivity index is 1.66. The summed E-state index contributed by atoms with van der Waals surface area (Å²) in [6.45, 7) is 1.87. The minimum atomic E-state index is -1.04. The van der Waals surface area contributed by atoms with Gasteiger partial charge in [0, 0.05) is 22.2 Å². The molecule has 4 N–H and O–H groups in total. The molecule has 0 aliphatic carbocycles. The zero-order valence-corrected chi connectivity index (χ0v) is 19.1. The largest absolute Gasteiger partial charge is 0.495 e. The van der Waals surface area contributed by atoms with Crippen LogP contribution in [-0.2, 0) is 9.59 Å². The zero-order chi connectivity index (χ0) is 23.7. The Morgan fingerprint density at radius 2 is 1.88 bits per heavy atom. The van der Waals surface area contributed by atoms with E-state index in [2.05, 4.69) is 25.9 Å². The second kappa shape index (κ2) is 9.13. The van der Waals surface area contributed by atoms with Gasteiger partial charge in [-0.25, -0.2) is 0 Å². The van der Waals surface area contributed by atoms with Gasteiger partial charge in [0.1, 0.15) is 11.6 Å². The van der Waals surface area contributed by atoms with Crippen molar-refractivity contribution in [2.45, 2.75) is 19.3 Å². The van der Waals surface area contributed by atoms with Crippen LogP contribution in [0.1, 0.15) is 23.5 Å². The first kappa shape index (κ1) is 22.6. The average molecular weight is 488 g/mol. The van der Waals surface area contributed by atoms with Gasteiger partial charge in [-0.15, -0.1) is 0 Å². The lowest BCUT2D eigenvalue weighted by Crippen LogP contribution is -2.36. The number of H-pyrrole nitrogens is 1. The molecule has 0 unspecified atom stereocenters. The molecule has 3 aromatic rings. The summed E-state index contributed by atoms with van der Waals surface area (Å²) < 4.78 is 5.29. The topological polar surface area (TPSA) is 125 Å². The van der Waals surface area contributed by atoms with Gasteiger partial charge >= 0.3 is 0 Å². The van der Waals surface area contributed by atoms with Crippen LogP contribution in [0.5, 0.6) is 5.75 Å². The first-order valence-corrected chi connectivity index (χ1v) is 10.6. The van der Waals surface area contributed by atoms with Gasteiger partial charge in [-0.3, -0.25) is 19.4 Å². The molecule has 0 radical (unpaired) electrons. The number of halogens is 2. The van der Waals surface area contributed by atoms with Gasteiger partial charge in [0.2, 0.25) is 17.8 Å². The van der Waals surface area contributed by atoms with Crippen LogP contribution < -0.4 is 26.2 Å². The highest BCUT2D eigenvalue weighted by molar-refractivity contribution is 6.35. The number of nitrogens with one attached hydrogen (secondary N) is 4. The number of methoxy groups -OCH3 is 1. The van der Waals surface area contributed by atoms with Crippen LogP contribution in [-0.4, -0.2) is 28.9 Å². The number of aromatic amines is 1. The van der Waals surface area contributed by atoms with E-state index in [0.29, 0.717) is 27.2 Å². The fraction of sp³-hybridized carbons (Fsp3) is 0.182. The molecule has 11 heteroatoms. The van der Waals surface area contributed by atoms with Crippen molar-refractivity contribution < 1.29 is 14.3 Å². The zero-order valence-electron chi connectivity index (χ0n) is 17.6. The van der Waals surface area contributed by atoms with Crippen molar-refractivity contribution in [3.63, 3.8) is 0 Å². The molecule has 2 aromatic carbocycles. The number of anilines is 4. The normalized spacial score (nSPS) is 14.8. The van der Waals surface area contributed by atoms with Gasteiger partial charge in [-0.2, -0.15) is 4.98 Å². The summed E-state index contributed by atoms with van der Waals surface area (Å²) in [6, 6.07) is 10.1. The van der Waals surface area contributed by atoms with E-state index in [1.165, 1.54) is 7.11 Å². The van der Waals surface area contributed by atoms with Gasteiger partial charge in [0.15, 0.2) is 0 Å².